The number of hydrogen-bond acceptors (Lipinski definition) is 1. The second kappa shape index (κ2) is 22.7. The summed E-state index contributed by atoms with van der Waals surface area (Å²) < 4.78 is 0. The summed E-state index contributed by atoms with van der Waals surface area (Å²) in [7, 11) is 0. The summed E-state index contributed by atoms with van der Waals surface area (Å²) in [6.07, 6.45) is 4.08. The summed E-state index contributed by atoms with van der Waals surface area (Å²) in [4.78, 5) is 0. The third kappa shape index (κ3) is 260. The van der Waals surface area contributed by atoms with Crippen molar-refractivity contribution in [3.8, 4) is 0 Å². The van der Waals surface area contributed by atoms with E-state index in [0.29, 0.717) is 5.71 Å². The van der Waals surface area contributed by atoms with Gasteiger partial charge in [-0.25, -0.2) is 0 Å². The van der Waals surface area contributed by atoms with Gasteiger partial charge in [0.2, 0.25) is 0 Å². The molecule has 1 nitrogen and oxygen atoms in total. The van der Waals surface area contributed by atoms with Crippen LogP contribution in [0.2, 0.25) is 0 Å². The largest absolute Gasteiger partial charge is 0.310 e. The second-order valence-electron chi connectivity index (χ2n) is 2.35. The first-order chi connectivity index (χ1) is 5.15. The molecule has 0 amide bonds. The van der Waals surface area contributed by atoms with E-state index in [4.69, 9.17) is 5.41 Å². The van der Waals surface area contributed by atoms with Crippen molar-refractivity contribution in [3.63, 3.8) is 0 Å². The lowest BCUT2D eigenvalue weighted by atomic mass is 10.3. The molecule has 0 saturated carbocycles. The van der Waals surface area contributed by atoms with Crippen LogP contribution in [0.4, 0.5) is 0 Å². The summed E-state index contributed by atoms with van der Waals surface area (Å²) in [6.45, 7) is 13.9. The van der Waals surface area contributed by atoms with Gasteiger partial charge in [0, 0.05) is 5.71 Å². The molecule has 1 heteroatoms. The summed E-state index contributed by atoms with van der Waals surface area (Å²) in [5, 5.41) is 6.50. The van der Waals surface area contributed by atoms with Crippen LogP contribution in [-0.2, 0) is 0 Å². The van der Waals surface area contributed by atoms with Gasteiger partial charge in [0.05, 0.1) is 0 Å². The molecule has 0 saturated heterocycles. The van der Waals surface area contributed by atoms with Gasteiger partial charge in [-0.1, -0.05) is 33.1 Å². The Hall–Kier alpha value is -0.590. The monoisotopic (exact) mass is 157 g/mol. The topological polar surface area (TPSA) is 23.9 Å². The molecule has 0 aliphatic heterocycles. The van der Waals surface area contributed by atoms with Crippen LogP contribution in [0.3, 0.4) is 0 Å². The highest BCUT2D eigenvalue weighted by Crippen LogP contribution is 1.88. The van der Waals surface area contributed by atoms with Gasteiger partial charge in [-0.05, 0) is 13.8 Å². The van der Waals surface area contributed by atoms with Gasteiger partial charge >= 0.3 is 0 Å². The Balaban J connectivity index is -0.0000000965. The van der Waals surface area contributed by atoms with Crippen molar-refractivity contribution < 1.29 is 0 Å². The highest BCUT2D eigenvalue weighted by atomic mass is 14.3. The summed E-state index contributed by atoms with van der Waals surface area (Å²) >= 11 is 0. The summed E-state index contributed by atoms with van der Waals surface area (Å²) in [5.74, 6) is 0. The Morgan fingerprint density at radius 3 is 1.27 bits per heavy atom. The zero-order valence-electron chi connectivity index (χ0n) is 8.54. The van der Waals surface area contributed by atoms with E-state index in [-0.39, 0.29) is 0 Å². The minimum absolute atomic E-state index is 0.667. The fraction of sp³-hybridized carbons (Fsp3) is 0.700. The fourth-order valence-electron chi connectivity index (χ4n) is 0.354. The van der Waals surface area contributed by atoms with Gasteiger partial charge in [-0.15, -0.1) is 13.2 Å². The predicted octanol–water partition coefficient (Wildman–Crippen LogP) is 4.04. The molecule has 0 rings (SSSR count). The maximum Gasteiger partial charge on any atom is 0.00272 e. The van der Waals surface area contributed by atoms with E-state index in [1.807, 2.05) is 0 Å². The molecule has 0 unspecified atom stereocenters. The van der Waals surface area contributed by atoms with Crippen molar-refractivity contribution in [3.05, 3.63) is 13.2 Å². The van der Waals surface area contributed by atoms with Gasteiger partial charge in [-0.3, -0.25) is 0 Å². The van der Waals surface area contributed by atoms with Crippen LogP contribution in [0.5, 0.6) is 0 Å². The Bertz CT molecular complexity index is 61.3. The molecule has 0 aromatic carbocycles. The SMILES string of the molecule is C=C.CC(C)=N.CCCCC. The lowest BCUT2D eigenvalue weighted by Crippen LogP contribution is -1.67. The van der Waals surface area contributed by atoms with E-state index >= 15 is 0 Å². The van der Waals surface area contributed by atoms with Crippen molar-refractivity contribution in [1.82, 2.24) is 0 Å². The third-order valence-corrected chi connectivity index (χ3v) is 0.707. The zero-order chi connectivity index (χ0) is 9.70. The van der Waals surface area contributed by atoms with Crippen LogP contribution in [0.15, 0.2) is 13.2 Å². The van der Waals surface area contributed by atoms with E-state index in [1.54, 1.807) is 13.8 Å². The standard InChI is InChI=1S/C5H12.C3H7N.C2H4/c1-3-5-4-2;1-3(2)4;1-2/h3-5H2,1-2H3;4H,1-2H3;1-2H2. The van der Waals surface area contributed by atoms with Gasteiger partial charge in [0.15, 0.2) is 0 Å². The lowest BCUT2D eigenvalue weighted by molar-refractivity contribution is 0.772. The molecule has 0 aromatic heterocycles. The van der Waals surface area contributed by atoms with Crippen LogP contribution in [0, 0.1) is 5.41 Å². The average Bonchev–Trinajstić information content (AvgIpc) is 1.93. The highest BCUT2D eigenvalue weighted by molar-refractivity contribution is 5.75. The Labute approximate surface area is 72.0 Å². The second-order valence-corrected chi connectivity index (χ2v) is 2.35. The average molecular weight is 157 g/mol. The first-order valence-corrected chi connectivity index (χ1v) is 4.16. The molecule has 0 spiro atoms. The fourth-order valence-corrected chi connectivity index (χ4v) is 0.354. The molecule has 68 valence electrons. The molecular weight excluding hydrogens is 134 g/mol. The van der Waals surface area contributed by atoms with Gasteiger partial charge in [-0.2, -0.15) is 0 Å². The summed E-state index contributed by atoms with van der Waals surface area (Å²) in [6, 6.07) is 0. The van der Waals surface area contributed by atoms with Gasteiger partial charge in [0.1, 0.15) is 0 Å². The Morgan fingerprint density at radius 1 is 1.09 bits per heavy atom. The minimum atomic E-state index is 0.667. The molecule has 11 heavy (non-hydrogen) atoms. The quantitative estimate of drug-likeness (QED) is 0.462. The highest BCUT2D eigenvalue weighted by Gasteiger charge is 1.68. The maximum atomic E-state index is 6.50. The van der Waals surface area contributed by atoms with Crippen LogP contribution in [0.25, 0.3) is 0 Å². The normalized spacial score (nSPS) is 6.55. The number of nitrogens with one attached hydrogen (secondary N) is 1. The van der Waals surface area contributed by atoms with E-state index < -0.39 is 0 Å². The first kappa shape index (κ1) is 16.8. The number of unbranched alkanes of at least 4 members (excludes halogenated alkanes) is 2. The molecule has 0 aromatic rings. The third-order valence-electron chi connectivity index (χ3n) is 0.707. The van der Waals surface area contributed by atoms with Crippen molar-refractivity contribution >= 4 is 5.71 Å². The van der Waals surface area contributed by atoms with E-state index in [9.17, 15) is 0 Å². The van der Waals surface area contributed by atoms with Gasteiger partial charge < -0.3 is 5.41 Å². The first-order valence-electron chi connectivity index (χ1n) is 4.16. The van der Waals surface area contributed by atoms with Crippen LogP contribution in [0.1, 0.15) is 47.0 Å². The van der Waals surface area contributed by atoms with Crippen LogP contribution >= 0.6 is 0 Å². The minimum Gasteiger partial charge on any atom is -0.310 e. The molecule has 0 radical (unpaired) electrons. The molecular formula is C10H23N. The number of hydrogen-bond donors (Lipinski definition) is 1. The van der Waals surface area contributed by atoms with E-state index in [1.165, 1.54) is 19.3 Å². The van der Waals surface area contributed by atoms with Crippen molar-refractivity contribution in [1.29, 1.82) is 5.41 Å². The molecule has 0 atom stereocenters. The molecule has 0 fully saturated rings. The van der Waals surface area contributed by atoms with E-state index in [2.05, 4.69) is 27.0 Å². The summed E-state index contributed by atoms with van der Waals surface area (Å²) in [5.41, 5.74) is 0.667. The molecule has 0 aliphatic rings. The molecule has 0 aliphatic carbocycles. The molecule has 0 heterocycles. The van der Waals surface area contributed by atoms with Crippen LogP contribution < -0.4 is 0 Å². The Morgan fingerprint density at radius 2 is 1.27 bits per heavy atom. The number of rotatable bonds is 2. The van der Waals surface area contributed by atoms with Gasteiger partial charge in [0.25, 0.3) is 0 Å². The van der Waals surface area contributed by atoms with Crippen molar-refractivity contribution in [2.75, 3.05) is 0 Å². The van der Waals surface area contributed by atoms with Crippen molar-refractivity contribution in [2.24, 2.45) is 0 Å². The van der Waals surface area contributed by atoms with Crippen molar-refractivity contribution in [2.45, 2.75) is 47.0 Å². The zero-order valence-corrected chi connectivity index (χ0v) is 8.54. The van der Waals surface area contributed by atoms with E-state index in [0.717, 1.165) is 0 Å². The Kier molecular flexibility index (Phi) is 34.7. The molecule has 0 bridgehead atoms. The smallest absolute Gasteiger partial charge is 0.00272 e. The maximum absolute atomic E-state index is 6.50. The van der Waals surface area contributed by atoms with Crippen LogP contribution in [-0.4, -0.2) is 5.71 Å². The predicted molar refractivity (Wildman–Crippen MR) is 55.5 cm³/mol. The lowest BCUT2D eigenvalue weighted by Gasteiger charge is -1.79. The molecule has 1 N–H and O–H groups in total.